The number of nitrogens with zero attached hydrogens (tertiary/aromatic N) is 1. The summed E-state index contributed by atoms with van der Waals surface area (Å²) in [7, 11) is 0. The number of hydrogen-bond donors (Lipinski definition) is 0. The highest BCUT2D eigenvalue weighted by molar-refractivity contribution is 5.28. The van der Waals surface area contributed by atoms with Crippen LogP contribution in [0.3, 0.4) is 0 Å². The zero-order valence-corrected chi connectivity index (χ0v) is 9.08. The third-order valence-electron chi connectivity index (χ3n) is 3.01. The van der Waals surface area contributed by atoms with Gasteiger partial charge in [0.1, 0.15) is 0 Å². The summed E-state index contributed by atoms with van der Waals surface area (Å²) < 4.78 is 0. The van der Waals surface area contributed by atoms with E-state index in [4.69, 9.17) is 6.42 Å². The van der Waals surface area contributed by atoms with Crippen LogP contribution >= 0.6 is 0 Å². The van der Waals surface area contributed by atoms with Crippen molar-refractivity contribution in [3.63, 3.8) is 0 Å². The Labute approximate surface area is 92.1 Å². The maximum atomic E-state index is 5.30. The number of rotatable bonds is 2. The highest BCUT2D eigenvalue weighted by Gasteiger charge is 2.12. The van der Waals surface area contributed by atoms with Crippen LogP contribution in [0, 0.1) is 12.3 Å². The first-order valence-electron chi connectivity index (χ1n) is 5.63. The fraction of sp³-hybridized carbons (Fsp3) is 0.429. The normalized spacial score (nSPS) is 16.5. The summed E-state index contributed by atoms with van der Waals surface area (Å²) >= 11 is 0. The Hall–Kier alpha value is -1.26. The van der Waals surface area contributed by atoms with Gasteiger partial charge in [-0.15, -0.1) is 12.3 Å². The molecule has 78 valence electrons. The minimum absolute atomic E-state index is 0.863. The smallest absolute Gasteiger partial charge is 0.0236 e. The molecule has 1 heteroatoms. The van der Waals surface area contributed by atoms with E-state index in [1.165, 1.54) is 30.5 Å². The van der Waals surface area contributed by atoms with Crippen molar-refractivity contribution in [1.29, 1.82) is 0 Å². The Bertz CT molecular complexity index is 362. The first kappa shape index (κ1) is 10.3. The van der Waals surface area contributed by atoms with E-state index >= 15 is 0 Å². The van der Waals surface area contributed by atoms with Crippen molar-refractivity contribution < 1.29 is 0 Å². The average molecular weight is 199 g/mol. The molecule has 1 heterocycles. The van der Waals surface area contributed by atoms with Crippen LogP contribution in [0.5, 0.6) is 0 Å². The lowest BCUT2D eigenvalue weighted by atomic mass is 10.0. The summed E-state index contributed by atoms with van der Waals surface area (Å²) in [5, 5.41) is 0. The molecule has 0 N–H and O–H groups in total. The largest absolute Gasteiger partial charge is 0.298 e. The lowest BCUT2D eigenvalue weighted by molar-refractivity contribution is 0.276. The summed E-state index contributed by atoms with van der Waals surface area (Å²) in [5.41, 5.74) is 2.99. The maximum Gasteiger partial charge on any atom is 0.0236 e. The van der Waals surface area contributed by atoms with Gasteiger partial charge in [0.15, 0.2) is 0 Å². The van der Waals surface area contributed by atoms with E-state index in [1.54, 1.807) is 0 Å². The van der Waals surface area contributed by atoms with Gasteiger partial charge in [-0.3, -0.25) is 4.90 Å². The Balaban J connectivity index is 2.08. The molecule has 1 nitrogen and oxygen atoms in total. The number of aryl methyl sites for hydroxylation is 1. The third kappa shape index (κ3) is 2.61. The van der Waals surface area contributed by atoms with Crippen LogP contribution in [0.2, 0.25) is 0 Å². The number of fused-ring (bicyclic) bond motifs is 1. The second-order valence-electron chi connectivity index (χ2n) is 4.10. The third-order valence-corrected chi connectivity index (χ3v) is 3.01. The van der Waals surface area contributed by atoms with Gasteiger partial charge in [-0.25, -0.2) is 0 Å². The molecular formula is C14H17N. The molecule has 0 aliphatic carbocycles. The second-order valence-corrected chi connectivity index (χ2v) is 4.10. The van der Waals surface area contributed by atoms with Crippen LogP contribution in [0.1, 0.15) is 24.0 Å². The van der Waals surface area contributed by atoms with Crippen molar-refractivity contribution in [2.24, 2.45) is 0 Å². The molecule has 0 saturated carbocycles. The Morgan fingerprint density at radius 3 is 2.87 bits per heavy atom. The molecule has 0 spiro atoms. The quantitative estimate of drug-likeness (QED) is 0.661. The summed E-state index contributed by atoms with van der Waals surface area (Å²) in [6.07, 6.45) is 8.63. The molecule has 0 saturated heterocycles. The zero-order valence-electron chi connectivity index (χ0n) is 9.08. The fourth-order valence-electron chi connectivity index (χ4n) is 2.18. The minimum atomic E-state index is 0.863. The van der Waals surface area contributed by atoms with Crippen LogP contribution < -0.4 is 0 Å². The van der Waals surface area contributed by atoms with E-state index < -0.39 is 0 Å². The van der Waals surface area contributed by atoms with Gasteiger partial charge < -0.3 is 0 Å². The van der Waals surface area contributed by atoms with Gasteiger partial charge in [-0.2, -0.15) is 0 Å². The number of benzene rings is 1. The molecule has 0 unspecified atom stereocenters. The van der Waals surface area contributed by atoms with Crippen LogP contribution in [0.25, 0.3) is 0 Å². The fourth-order valence-corrected chi connectivity index (χ4v) is 2.18. The van der Waals surface area contributed by atoms with Crippen molar-refractivity contribution in [2.45, 2.75) is 25.8 Å². The van der Waals surface area contributed by atoms with Gasteiger partial charge in [0.2, 0.25) is 0 Å². The number of hydrogen-bond acceptors (Lipinski definition) is 1. The molecule has 1 aliphatic rings. The summed E-state index contributed by atoms with van der Waals surface area (Å²) in [4.78, 5) is 2.46. The van der Waals surface area contributed by atoms with E-state index in [1.807, 2.05) is 0 Å². The molecule has 0 aromatic heterocycles. The van der Waals surface area contributed by atoms with Crippen molar-refractivity contribution in [1.82, 2.24) is 4.90 Å². The maximum absolute atomic E-state index is 5.30. The lowest BCUT2D eigenvalue weighted by Crippen LogP contribution is -2.24. The second kappa shape index (κ2) is 5.00. The Morgan fingerprint density at radius 2 is 2.07 bits per heavy atom. The molecule has 0 bridgehead atoms. The van der Waals surface area contributed by atoms with Gasteiger partial charge >= 0.3 is 0 Å². The van der Waals surface area contributed by atoms with Crippen molar-refractivity contribution in [3.8, 4) is 12.3 Å². The zero-order chi connectivity index (χ0) is 10.5. The van der Waals surface area contributed by atoms with E-state index in [0.29, 0.717) is 0 Å². The molecule has 1 aromatic carbocycles. The SMILES string of the molecule is C#CCCN1CCCc2ccccc2C1. The number of terminal acetylenes is 1. The van der Waals surface area contributed by atoms with Crippen molar-refractivity contribution in [3.05, 3.63) is 35.4 Å². The van der Waals surface area contributed by atoms with E-state index in [0.717, 1.165) is 19.5 Å². The Morgan fingerprint density at radius 1 is 1.27 bits per heavy atom. The summed E-state index contributed by atoms with van der Waals surface area (Å²) in [6.45, 7) is 3.28. The first-order valence-corrected chi connectivity index (χ1v) is 5.63. The monoisotopic (exact) mass is 199 g/mol. The van der Waals surface area contributed by atoms with E-state index in [-0.39, 0.29) is 0 Å². The predicted octanol–water partition coefficient (Wildman–Crippen LogP) is 2.46. The molecular weight excluding hydrogens is 182 g/mol. The van der Waals surface area contributed by atoms with Gasteiger partial charge in [-0.05, 0) is 30.5 Å². The van der Waals surface area contributed by atoms with Gasteiger partial charge in [0.25, 0.3) is 0 Å². The summed E-state index contributed by atoms with van der Waals surface area (Å²) in [6, 6.07) is 8.75. The van der Waals surface area contributed by atoms with Crippen molar-refractivity contribution >= 4 is 0 Å². The van der Waals surface area contributed by atoms with Crippen molar-refractivity contribution in [2.75, 3.05) is 13.1 Å². The van der Waals surface area contributed by atoms with E-state index in [9.17, 15) is 0 Å². The molecule has 0 fully saturated rings. The van der Waals surface area contributed by atoms with E-state index in [2.05, 4.69) is 35.1 Å². The standard InChI is InChI=1S/C14H17N/c1-2-3-10-15-11-6-9-13-7-4-5-8-14(13)12-15/h1,4-5,7-8H,3,6,9-12H2. The first-order chi connectivity index (χ1) is 7.40. The van der Waals surface area contributed by atoms with Gasteiger partial charge in [0, 0.05) is 19.5 Å². The molecule has 0 radical (unpaired) electrons. The highest BCUT2D eigenvalue weighted by atomic mass is 15.1. The molecule has 15 heavy (non-hydrogen) atoms. The van der Waals surface area contributed by atoms with Crippen LogP contribution in [0.4, 0.5) is 0 Å². The predicted molar refractivity (Wildman–Crippen MR) is 63.5 cm³/mol. The molecule has 1 aliphatic heterocycles. The molecule has 0 amide bonds. The van der Waals surface area contributed by atoms with Crippen LogP contribution in [-0.4, -0.2) is 18.0 Å². The summed E-state index contributed by atoms with van der Waals surface area (Å²) in [5.74, 6) is 2.72. The van der Waals surface area contributed by atoms with Crippen LogP contribution in [-0.2, 0) is 13.0 Å². The highest BCUT2D eigenvalue weighted by Crippen LogP contribution is 2.18. The molecule has 2 rings (SSSR count). The minimum Gasteiger partial charge on any atom is -0.298 e. The van der Waals surface area contributed by atoms with Gasteiger partial charge in [0.05, 0.1) is 0 Å². The molecule has 0 atom stereocenters. The Kier molecular flexibility index (Phi) is 3.42. The topological polar surface area (TPSA) is 3.24 Å². The molecule has 1 aromatic rings. The average Bonchev–Trinajstić information content (AvgIpc) is 2.47. The van der Waals surface area contributed by atoms with Crippen LogP contribution in [0.15, 0.2) is 24.3 Å². The van der Waals surface area contributed by atoms with Gasteiger partial charge in [-0.1, -0.05) is 24.3 Å². The lowest BCUT2D eigenvalue weighted by Gasteiger charge is -2.18.